The van der Waals surface area contributed by atoms with Crippen LogP contribution in [0.4, 0.5) is 5.88 Å². The second-order valence-corrected chi connectivity index (χ2v) is 6.24. The van der Waals surface area contributed by atoms with Gasteiger partial charge in [0.25, 0.3) is 5.91 Å². The summed E-state index contributed by atoms with van der Waals surface area (Å²) in [7, 11) is 0. The Morgan fingerprint density at radius 2 is 1.87 bits per heavy atom. The highest BCUT2D eigenvalue weighted by Crippen LogP contribution is 2.23. The molecular formula is C17H20N2O4. The van der Waals surface area contributed by atoms with Crippen LogP contribution in [0.2, 0.25) is 0 Å². The Balaban J connectivity index is 1.87. The average molecular weight is 316 g/mol. The van der Waals surface area contributed by atoms with Crippen molar-refractivity contribution < 1.29 is 18.8 Å². The molecule has 23 heavy (non-hydrogen) atoms. The van der Waals surface area contributed by atoms with E-state index < -0.39 is 0 Å². The van der Waals surface area contributed by atoms with Crippen LogP contribution < -0.4 is 10.1 Å². The molecule has 1 amide bonds. The predicted molar refractivity (Wildman–Crippen MR) is 85.8 cm³/mol. The van der Waals surface area contributed by atoms with Crippen LogP contribution in [0.1, 0.15) is 43.7 Å². The lowest BCUT2D eigenvalue weighted by molar-refractivity contribution is -0.118. The van der Waals surface area contributed by atoms with E-state index in [0.717, 1.165) is 5.69 Å². The molecule has 0 saturated carbocycles. The maximum atomic E-state index is 11.8. The molecule has 1 heterocycles. The number of benzene rings is 1. The second-order valence-electron chi connectivity index (χ2n) is 6.24. The molecule has 0 saturated heterocycles. The van der Waals surface area contributed by atoms with E-state index in [2.05, 4.69) is 10.5 Å². The number of aromatic nitrogens is 1. The van der Waals surface area contributed by atoms with Crippen molar-refractivity contribution in [2.45, 2.75) is 33.1 Å². The summed E-state index contributed by atoms with van der Waals surface area (Å²) >= 11 is 0. The summed E-state index contributed by atoms with van der Waals surface area (Å²) in [4.78, 5) is 23.0. The molecule has 0 bridgehead atoms. The number of amides is 1. The van der Waals surface area contributed by atoms with Crippen molar-refractivity contribution in [3.63, 3.8) is 0 Å². The predicted octanol–water partition coefficient (Wildman–Crippen LogP) is 3.19. The molecule has 0 unspecified atom stereocenters. The highest BCUT2D eigenvalue weighted by molar-refractivity contribution is 5.94. The third-order valence-corrected chi connectivity index (χ3v) is 3.17. The number of anilines is 1. The number of nitrogens with one attached hydrogen (secondary N) is 1. The SMILES string of the molecule is CC(=O)c1ccc(OCC(=O)Nc2cc(C(C)(C)C)no2)cc1. The van der Waals surface area contributed by atoms with Crippen molar-refractivity contribution in [1.82, 2.24) is 5.16 Å². The van der Waals surface area contributed by atoms with Crippen molar-refractivity contribution in [3.05, 3.63) is 41.6 Å². The molecule has 0 aliphatic carbocycles. The molecule has 1 aromatic carbocycles. The Bertz CT molecular complexity index is 696. The first-order chi connectivity index (χ1) is 10.8. The van der Waals surface area contributed by atoms with E-state index in [-0.39, 0.29) is 29.6 Å². The van der Waals surface area contributed by atoms with Gasteiger partial charge in [-0.1, -0.05) is 25.9 Å². The van der Waals surface area contributed by atoms with Crippen LogP contribution in [0, 0.1) is 0 Å². The van der Waals surface area contributed by atoms with Crippen LogP contribution in [0.15, 0.2) is 34.9 Å². The minimum atomic E-state index is -0.350. The first-order valence-corrected chi connectivity index (χ1v) is 7.26. The minimum Gasteiger partial charge on any atom is -0.484 e. The molecule has 2 rings (SSSR count). The van der Waals surface area contributed by atoms with Crippen LogP contribution in [0.25, 0.3) is 0 Å². The van der Waals surface area contributed by atoms with E-state index in [1.807, 2.05) is 20.8 Å². The molecule has 122 valence electrons. The highest BCUT2D eigenvalue weighted by Gasteiger charge is 2.19. The van der Waals surface area contributed by atoms with Gasteiger partial charge in [0.1, 0.15) is 5.75 Å². The summed E-state index contributed by atoms with van der Waals surface area (Å²) in [6, 6.07) is 8.30. The zero-order chi connectivity index (χ0) is 17.0. The first kappa shape index (κ1) is 16.7. The lowest BCUT2D eigenvalue weighted by Crippen LogP contribution is -2.20. The van der Waals surface area contributed by atoms with E-state index in [9.17, 15) is 9.59 Å². The van der Waals surface area contributed by atoms with Gasteiger partial charge in [0.05, 0.1) is 5.69 Å². The summed E-state index contributed by atoms with van der Waals surface area (Å²) in [5, 5.41) is 6.51. The van der Waals surface area contributed by atoms with Gasteiger partial charge in [-0.05, 0) is 31.2 Å². The van der Waals surface area contributed by atoms with Crippen molar-refractivity contribution in [3.8, 4) is 5.75 Å². The molecule has 0 aliphatic heterocycles. The van der Waals surface area contributed by atoms with Crippen LogP contribution >= 0.6 is 0 Å². The zero-order valence-electron chi connectivity index (χ0n) is 13.7. The second kappa shape index (κ2) is 6.64. The smallest absolute Gasteiger partial charge is 0.264 e. The van der Waals surface area contributed by atoms with Gasteiger partial charge in [-0.15, -0.1) is 0 Å². The molecule has 6 heteroatoms. The van der Waals surface area contributed by atoms with Gasteiger partial charge in [-0.3, -0.25) is 14.9 Å². The first-order valence-electron chi connectivity index (χ1n) is 7.26. The number of ether oxygens (including phenoxy) is 1. The summed E-state index contributed by atoms with van der Waals surface area (Å²) in [6.45, 7) is 7.34. The zero-order valence-corrected chi connectivity index (χ0v) is 13.7. The molecule has 1 N–H and O–H groups in total. The van der Waals surface area contributed by atoms with Crippen LogP contribution in [-0.2, 0) is 10.2 Å². The third-order valence-electron chi connectivity index (χ3n) is 3.17. The van der Waals surface area contributed by atoms with Crippen molar-refractivity contribution in [1.29, 1.82) is 0 Å². The van der Waals surface area contributed by atoms with Gasteiger partial charge in [0, 0.05) is 17.0 Å². The monoisotopic (exact) mass is 316 g/mol. The Kier molecular flexibility index (Phi) is 4.83. The van der Waals surface area contributed by atoms with E-state index >= 15 is 0 Å². The van der Waals surface area contributed by atoms with Crippen molar-refractivity contribution >= 4 is 17.6 Å². The molecule has 0 atom stereocenters. The number of hydrogen-bond donors (Lipinski definition) is 1. The number of hydrogen-bond acceptors (Lipinski definition) is 5. The van der Waals surface area contributed by atoms with Gasteiger partial charge in [0.2, 0.25) is 5.88 Å². The fourth-order valence-corrected chi connectivity index (χ4v) is 1.80. The molecule has 0 spiro atoms. The number of ketones is 1. The van der Waals surface area contributed by atoms with Gasteiger partial charge in [-0.25, -0.2) is 0 Å². The summed E-state index contributed by atoms with van der Waals surface area (Å²) in [5.74, 6) is 0.431. The Morgan fingerprint density at radius 3 is 2.39 bits per heavy atom. The third kappa shape index (κ3) is 4.67. The number of carbonyl (C=O) groups excluding carboxylic acids is 2. The lowest BCUT2D eigenvalue weighted by atomic mass is 9.92. The molecule has 2 aromatic rings. The summed E-state index contributed by atoms with van der Waals surface area (Å²) in [6.07, 6.45) is 0. The summed E-state index contributed by atoms with van der Waals surface area (Å²) < 4.78 is 10.4. The Hall–Kier alpha value is -2.63. The molecular weight excluding hydrogens is 296 g/mol. The fourth-order valence-electron chi connectivity index (χ4n) is 1.80. The highest BCUT2D eigenvalue weighted by atomic mass is 16.5. The Morgan fingerprint density at radius 1 is 1.22 bits per heavy atom. The van der Waals surface area contributed by atoms with E-state index in [4.69, 9.17) is 9.26 Å². The largest absolute Gasteiger partial charge is 0.484 e. The van der Waals surface area contributed by atoms with Crippen LogP contribution in [-0.4, -0.2) is 23.5 Å². The van der Waals surface area contributed by atoms with Crippen molar-refractivity contribution in [2.24, 2.45) is 0 Å². The topological polar surface area (TPSA) is 81.4 Å². The standard InChI is InChI=1S/C17H20N2O4/c1-11(20)12-5-7-13(8-6-12)22-10-15(21)18-16-9-14(19-23-16)17(2,3)4/h5-9H,10H2,1-4H3,(H,18,21). The molecule has 1 aromatic heterocycles. The van der Waals surface area contributed by atoms with Gasteiger partial charge >= 0.3 is 0 Å². The fraction of sp³-hybridized carbons (Fsp3) is 0.353. The van der Waals surface area contributed by atoms with Gasteiger partial charge in [0.15, 0.2) is 12.4 Å². The molecule has 0 radical (unpaired) electrons. The molecule has 0 aliphatic rings. The molecule has 0 fully saturated rings. The summed E-state index contributed by atoms with van der Waals surface area (Å²) in [5.41, 5.74) is 1.20. The minimum absolute atomic E-state index is 0.0192. The number of carbonyl (C=O) groups is 2. The maximum absolute atomic E-state index is 11.8. The van der Waals surface area contributed by atoms with E-state index in [1.54, 1.807) is 30.3 Å². The van der Waals surface area contributed by atoms with Crippen molar-refractivity contribution in [2.75, 3.05) is 11.9 Å². The number of rotatable bonds is 5. The number of nitrogens with zero attached hydrogens (tertiary/aromatic N) is 1. The molecule has 6 nitrogen and oxygen atoms in total. The van der Waals surface area contributed by atoms with Crippen LogP contribution in [0.5, 0.6) is 5.75 Å². The average Bonchev–Trinajstić information content (AvgIpc) is 2.94. The lowest BCUT2D eigenvalue weighted by Gasteiger charge is -2.12. The Labute approximate surface area is 134 Å². The van der Waals surface area contributed by atoms with Gasteiger partial charge in [-0.2, -0.15) is 0 Å². The quantitative estimate of drug-likeness (QED) is 0.857. The van der Waals surface area contributed by atoms with Crippen LogP contribution in [0.3, 0.4) is 0 Å². The van der Waals surface area contributed by atoms with E-state index in [1.165, 1.54) is 6.92 Å². The maximum Gasteiger partial charge on any atom is 0.264 e. The van der Waals surface area contributed by atoms with Gasteiger partial charge < -0.3 is 9.26 Å². The normalized spacial score (nSPS) is 11.1. The van der Waals surface area contributed by atoms with E-state index in [0.29, 0.717) is 11.3 Å². The number of Topliss-reactive ketones (excluding diaryl/α,β-unsaturated/α-hetero) is 1.